The summed E-state index contributed by atoms with van der Waals surface area (Å²) in [6.07, 6.45) is -4.72. The minimum Gasteiger partial charge on any atom is -0.207 e. The van der Waals surface area contributed by atoms with Crippen molar-refractivity contribution < 1.29 is 26.0 Å². The lowest BCUT2D eigenvalue weighted by Gasteiger charge is -2.25. The van der Waals surface area contributed by atoms with E-state index in [9.17, 15) is 26.0 Å². The Morgan fingerprint density at radius 1 is 1.19 bits per heavy atom. The van der Waals surface area contributed by atoms with Gasteiger partial charge in [-0.1, -0.05) is 18.2 Å². The minimum atomic E-state index is -4.55. The number of hydrogen-bond acceptors (Lipinski definition) is 3. The number of likely N-dealkylation sites (N-methyl/N-ethyl adjacent to an activating group) is 1. The Kier molecular flexibility index (Phi) is 5.92. The molecule has 0 saturated carbocycles. The van der Waals surface area contributed by atoms with Gasteiger partial charge in [0.2, 0.25) is 10.0 Å². The average molecular weight is 400 g/mol. The predicted molar refractivity (Wildman–Crippen MR) is 90.7 cm³/mol. The van der Waals surface area contributed by atoms with Gasteiger partial charge < -0.3 is 0 Å². The van der Waals surface area contributed by atoms with E-state index in [1.165, 1.54) is 32.2 Å². The van der Waals surface area contributed by atoms with E-state index in [0.29, 0.717) is 0 Å². The standard InChI is InChI=1S/C18H16F4N2O2S/c1-12(9-13-5-3-4-6-16(13)18(20,21)22)24(2)27(25,26)15-7-8-17(19)14(10-15)11-23/h3-8,10,12H,9H2,1-2H3. The lowest BCUT2D eigenvalue weighted by atomic mass is 10.0. The molecule has 2 rings (SSSR count). The number of alkyl halides is 3. The summed E-state index contributed by atoms with van der Waals surface area (Å²) in [5, 5.41) is 8.85. The van der Waals surface area contributed by atoms with Gasteiger partial charge in [-0.25, -0.2) is 12.8 Å². The molecule has 1 unspecified atom stereocenters. The lowest BCUT2D eigenvalue weighted by molar-refractivity contribution is -0.138. The van der Waals surface area contributed by atoms with Crippen LogP contribution in [0.4, 0.5) is 17.6 Å². The predicted octanol–water partition coefficient (Wildman–Crippen LogP) is 3.97. The second-order valence-electron chi connectivity index (χ2n) is 5.98. The summed E-state index contributed by atoms with van der Waals surface area (Å²) in [5.41, 5.74) is -1.29. The van der Waals surface area contributed by atoms with Crippen LogP contribution in [0.2, 0.25) is 0 Å². The van der Waals surface area contributed by atoms with Crippen LogP contribution >= 0.6 is 0 Å². The first-order valence-corrected chi connectivity index (χ1v) is 9.25. The molecule has 2 aromatic carbocycles. The number of nitrogens with zero attached hydrogens (tertiary/aromatic N) is 2. The van der Waals surface area contributed by atoms with E-state index in [4.69, 9.17) is 5.26 Å². The van der Waals surface area contributed by atoms with Gasteiger partial charge in [-0.05, 0) is 43.2 Å². The fourth-order valence-electron chi connectivity index (χ4n) is 2.58. The maximum absolute atomic E-state index is 13.4. The van der Waals surface area contributed by atoms with Crippen molar-refractivity contribution in [1.29, 1.82) is 5.26 Å². The molecule has 1 atom stereocenters. The second kappa shape index (κ2) is 7.66. The monoisotopic (exact) mass is 400 g/mol. The van der Waals surface area contributed by atoms with E-state index in [0.717, 1.165) is 28.6 Å². The molecule has 4 nitrogen and oxygen atoms in total. The van der Waals surface area contributed by atoms with Crippen LogP contribution < -0.4 is 0 Å². The fraction of sp³-hybridized carbons (Fsp3) is 0.278. The smallest absolute Gasteiger partial charge is 0.207 e. The van der Waals surface area contributed by atoms with Gasteiger partial charge in [-0.3, -0.25) is 0 Å². The Bertz CT molecular complexity index is 982. The zero-order valence-electron chi connectivity index (χ0n) is 14.5. The highest BCUT2D eigenvalue weighted by molar-refractivity contribution is 7.89. The van der Waals surface area contributed by atoms with Crippen molar-refractivity contribution >= 4 is 10.0 Å². The maximum atomic E-state index is 13.4. The molecule has 0 aromatic heterocycles. The van der Waals surface area contributed by atoms with Gasteiger partial charge in [0.05, 0.1) is 16.0 Å². The van der Waals surface area contributed by atoms with Crippen molar-refractivity contribution in [3.05, 3.63) is 65.0 Å². The first kappa shape index (κ1) is 20.9. The van der Waals surface area contributed by atoms with Crippen LogP contribution in [0.5, 0.6) is 0 Å². The summed E-state index contributed by atoms with van der Waals surface area (Å²) >= 11 is 0. The third kappa shape index (κ3) is 4.46. The van der Waals surface area contributed by atoms with E-state index < -0.39 is 39.2 Å². The van der Waals surface area contributed by atoms with Crippen molar-refractivity contribution in [1.82, 2.24) is 4.31 Å². The summed E-state index contributed by atoms with van der Waals surface area (Å²) in [5.74, 6) is -0.855. The third-order valence-electron chi connectivity index (χ3n) is 4.19. The molecule has 0 spiro atoms. The molecule has 27 heavy (non-hydrogen) atoms. The van der Waals surface area contributed by atoms with Crippen molar-refractivity contribution in [3.63, 3.8) is 0 Å². The molecule has 0 aliphatic rings. The van der Waals surface area contributed by atoms with Gasteiger partial charge in [0.25, 0.3) is 0 Å². The highest BCUT2D eigenvalue weighted by Gasteiger charge is 2.34. The van der Waals surface area contributed by atoms with Crippen LogP contribution in [0.15, 0.2) is 47.4 Å². The number of halogens is 4. The molecule has 0 saturated heterocycles. The molecule has 0 aliphatic heterocycles. The van der Waals surface area contributed by atoms with Crippen LogP contribution in [-0.4, -0.2) is 25.8 Å². The quantitative estimate of drug-likeness (QED) is 0.714. The summed E-state index contributed by atoms with van der Waals surface area (Å²) < 4.78 is 79.1. The second-order valence-corrected chi connectivity index (χ2v) is 7.98. The molecule has 144 valence electrons. The topological polar surface area (TPSA) is 61.2 Å². The highest BCUT2D eigenvalue weighted by Crippen LogP contribution is 2.33. The van der Waals surface area contributed by atoms with Gasteiger partial charge in [0, 0.05) is 13.1 Å². The van der Waals surface area contributed by atoms with Crippen molar-refractivity contribution in [3.8, 4) is 6.07 Å². The fourth-order valence-corrected chi connectivity index (χ4v) is 3.96. The molecule has 9 heteroatoms. The molecule has 0 aliphatic carbocycles. The number of rotatable bonds is 5. The van der Waals surface area contributed by atoms with Crippen LogP contribution in [0.25, 0.3) is 0 Å². The average Bonchev–Trinajstić information content (AvgIpc) is 2.60. The summed E-state index contributed by atoms with van der Waals surface area (Å²) in [6, 6.07) is 8.47. The van der Waals surface area contributed by atoms with Gasteiger partial charge in [0.1, 0.15) is 11.9 Å². The van der Waals surface area contributed by atoms with E-state index >= 15 is 0 Å². The Morgan fingerprint density at radius 3 is 2.41 bits per heavy atom. The molecule has 2 aromatic rings. The van der Waals surface area contributed by atoms with Crippen LogP contribution in [0.3, 0.4) is 0 Å². The van der Waals surface area contributed by atoms with E-state index in [1.54, 1.807) is 6.07 Å². The van der Waals surface area contributed by atoms with Crippen LogP contribution in [0.1, 0.15) is 23.6 Å². The van der Waals surface area contributed by atoms with Gasteiger partial charge in [-0.2, -0.15) is 22.7 Å². The van der Waals surface area contributed by atoms with Crippen molar-refractivity contribution in [2.45, 2.75) is 30.5 Å². The summed E-state index contributed by atoms with van der Waals surface area (Å²) in [6.45, 7) is 1.47. The number of hydrogen-bond donors (Lipinski definition) is 0. The number of nitriles is 1. The zero-order chi connectivity index (χ0) is 20.4. The number of sulfonamides is 1. The molecule has 0 radical (unpaired) electrons. The molecular formula is C18H16F4N2O2S. The summed E-state index contributed by atoms with van der Waals surface area (Å²) in [7, 11) is -2.89. The largest absolute Gasteiger partial charge is 0.416 e. The number of benzene rings is 2. The van der Waals surface area contributed by atoms with Gasteiger partial charge in [0.15, 0.2) is 0 Å². The molecule has 0 N–H and O–H groups in total. The van der Waals surface area contributed by atoms with Gasteiger partial charge in [-0.15, -0.1) is 0 Å². The molecule has 0 fully saturated rings. The Balaban J connectivity index is 2.33. The Hall–Kier alpha value is -2.44. The maximum Gasteiger partial charge on any atom is 0.416 e. The Morgan fingerprint density at radius 2 is 1.81 bits per heavy atom. The molecule has 0 heterocycles. The van der Waals surface area contributed by atoms with E-state index in [-0.39, 0.29) is 16.9 Å². The van der Waals surface area contributed by atoms with E-state index in [2.05, 4.69) is 0 Å². The normalized spacial score (nSPS) is 13.4. The van der Waals surface area contributed by atoms with Crippen molar-refractivity contribution in [2.24, 2.45) is 0 Å². The van der Waals surface area contributed by atoms with Crippen LogP contribution in [-0.2, 0) is 22.6 Å². The molecular weight excluding hydrogens is 384 g/mol. The molecule has 0 amide bonds. The first-order valence-electron chi connectivity index (χ1n) is 7.81. The third-order valence-corrected chi connectivity index (χ3v) is 6.16. The zero-order valence-corrected chi connectivity index (χ0v) is 15.3. The lowest BCUT2D eigenvalue weighted by Crippen LogP contribution is -2.36. The first-order chi connectivity index (χ1) is 12.5. The summed E-state index contributed by atoms with van der Waals surface area (Å²) in [4.78, 5) is -0.307. The van der Waals surface area contributed by atoms with Gasteiger partial charge >= 0.3 is 6.18 Å². The highest BCUT2D eigenvalue weighted by atomic mass is 32.2. The minimum absolute atomic E-state index is 0.0311. The molecule has 0 bridgehead atoms. The van der Waals surface area contributed by atoms with Crippen molar-refractivity contribution in [2.75, 3.05) is 7.05 Å². The Labute approximate surface area is 154 Å². The SMILES string of the molecule is CC(Cc1ccccc1C(F)(F)F)N(C)S(=O)(=O)c1ccc(F)c(C#N)c1. The van der Waals surface area contributed by atoms with Crippen LogP contribution in [0, 0.1) is 17.1 Å². The van der Waals surface area contributed by atoms with E-state index in [1.807, 2.05) is 0 Å².